The van der Waals surface area contributed by atoms with Crippen molar-refractivity contribution in [2.75, 3.05) is 31.6 Å². The van der Waals surface area contributed by atoms with Crippen LogP contribution in [-0.4, -0.2) is 65.8 Å². The number of nitrogens with zero attached hydrogens (tertiary/aromatic N) is 1. The maximum Gasteiger partial charge on any atom is 0.256 e. The lowest BCUT2D eigenvalue weighted by atomic mass is 9.82. The third-order valence-corrected chi connectivity index (χ3v) is 5.76. The van der Waals surface area contributed by atoms with Gasteiger partial charge in [-0.05, 0) is 26.0 Å². The molecule has 156 valence electrons. The van der Waals surface area contributed by atoms with E-state index < -0.39 is 0 Å². The molecule has 1 heterocycles. The topological polar surface area (TPSA) is 98.7 Å². The highest BCUT2D eigenvalue weighted by molar-refractivity contribution is 6.31. The highest BCUT2D eigenvalue weighted by atomic mass is 16.3. The number of anilines is 1. The van der Waals surface area contributed by atoms with Crippen LogP contribution in [-0.2, 0) is 0 Å². The predicted molar refractivity (Wildman–Crippen MR) is 113 cm³/mol. The van der Waals surface area contributed by atoms with Gasteiger partial charge in [0.05, 0.1) is 23.4 Å². The Bertz CT molecular complexity index is 1030. The van der Waals surface area contributed by atoms with E-state index in [-0.39, 0.29) is 53.8 Å². The van der Waals surface area contributed by atoms with E-state index in [1.807, 2.05) is 13.8 Å². The zero-order valence-corrected chi connectivity index (χ0v) is 17.1. The summed E-state index contributed by atoms with van der Waals surface area (Å²) >= 11 is 0. The average molecular weight is 407 g/mol. The van der Waals surface area contributed by atoms with Crippen LogP contribution in [0.3, 0.4) is 0 Å². The van der Waals surface area contributed by atoms with Crippen molar-refractivity contribution in [1.29, 1.82) is 0 Å². The Kier molecular flexibility index (Phi) is 5.40. The second-order valence-corrected chi connectivity index (χ2v) is 7.88. The largest absolute Gasteiger partial charge is 0.395 e. The second kappa shape index (κ2) is 8.01. The van der Waals surface area contributed by atoms with Gasteiger partial charge >= 0.3 is 0 Å². The number of aliphatic hydroxyl groups excluding tert-OH is 1. The third-order valence-electron chi connectivity index (χ3n) is 5.76. The third kappa shape index (κ3) is 3.30. The number of ketones is 2. The first kappa shape index (κ1) is 20.3. The number of hydrogen-bond donors (Lipinski definition) is 3. The van der Waals surface area contributed by atoms with Crippen LogP contribution in [0.1, 0.15) is 56.0 Å². The van der Waals surface area contributed by atoms with Crippen molar-refractivity contribution in [2.24, 2.45) is 0 Å². The Balaban J connectivity index is 1.84. The number of hydrogen-bond acceptors (Lipinski definition) is 6. The van der Waals surface area contributed by atoms with Crippen LogP contribution in [0.15, 0.2) is 36.4 Å². The monoisotopic (exact) mass is 407 g/mol. The van der Waals surface area contributed by atoms with Gasteiger partial charge in [0.15, 0.2) is 11.6 Å². The summed E-state index contributed by atoms with van der Waals surface area (Å²) in [6, 6.07) is 10.0. The quantitative estimate of drug-likeness (QED) is 0.609. The van der Waals surface area contributed by atoms with E-state index in [9.17, 15) is 19.5 Å². The molecule has 1 saturated heterocycles. The first-order chi connectivity index (χ1) is 14.4. The van der Waals surface area contributed by atoms with Crippen LogP contribution in [0, 0.1) is 0 Å². The summed E-state index contributed by atoms with van der Waals surface area (Å²) in [6.07, 6.45) is 0. The summed E-state index contributed by atoms with van der Waals surface area (Å²) in [5.41, 5.74) is 1.83. The molecule has 0 aromatic heterocycles. The lowest BCUT2D eigenvalue weighted by molar-refractivity contribution is 0.0617. The second-order valence-electron chi connectivity index (χ2n) is 7.88. The molecule has 0 saturated carbocycles. The number of amides is 1. The minimum absolute atomic E-state index is 0.00603. The van der Waals surface area contributed by atoms with Gasteiger partial charge in [-0.1, -0.05) is 24.3 Å². The molecule has 7 heteroatoms. The highest BCUT2D eigenvalue weighted by Crippen LogP contribution is 2.35. The molecule has 2 aromatic carbocycles. The number of carbonyl (C=O) groups is 3. The summed E-state index contributed by atoms with van der Waals surface area (Å²) in [7, 11) is 0. The molecule has 0 radical (unpaired) electrons. The zero-order chi connectivity index (χ0) is 21.4. The van der Waals surface area contributed by atoms with Crippen LogP contribution in [0.5, 0.6) is 0 Å². The van der Waals surface area contributed by atoms with Gasteiger partial charge in [-0.2, -0.15) is 0 Å². The summed E-state index contributed by atoms with van der Waals surface area (Å²) in [6.45, 7) is 5.21. The van der Waals surface area contributed by atoms with Gasteiger partial charge in [-0.25, -0.2) is 0 Å². The summed E-state index contributed by atoms with van der Waals surface area (Å²) in [5.74, 6) is -0.731. The number of rotatable bonds is 4. The van der Waals surface area contributed by atoms with Gasteiger partial charge in [0.1, 0.15) is 0 Å². The summed E-state index contributed by atoms with van der Waals surface area (Å²) in [4.78, 5) is 41.6. The van der Waals surface area contributed by atoms with E-state index in [0.29, 0.717) is 35.5 Å². The fourth-order valence-corrected chi connectivity index (χ4v) is 4.19. The minimum Gasteiger partial charge on any atom is -0.395 e. The van der Waals surface area contributed by atoms with Crippen LogP contribution >= 0.6 is 0 Å². The molecule has 0 spiro atoms. The average Bonchev–Trinajstić information content (AvgIpc) is 2.76. The van der Waals surface area contributed by atoms with Crippen molar-refractivity contribution in [2.45, 2.75) is 25.9 Å². The molecule has 7 nitrogen and oxygen atoms in total. The number of piperazine rings is 1. The van der Waals surface area contributed by atoms with E-state index in [1.54, 1.807) is 41.3 Å². The first-order valence-corrected chi connectivity index (χ1v) is 10.2. The molecule has 2 aliphatic rings. The zero-order valence-electron chi connectivity index (χ0n) is 17.1. The first-order valence-electron chi connectivity index (χ1n) is 10.2. The Hall–Kier alpha value is -3.03. The van der Waals surface area contributed by atoms with E-state index in [4.69, 9.17) is 0 Å². The minimum atomic E-state index is -0.294. The maximum atomic E-state index is 13.5. The molecular formula is C23H25N3O4. The van der Waals surface area contributed by atoms with Gasteiger partial charge in [-0.3, -0.25) is 14.4 Å². The fourth-order valence-electron chi connectivity index (χ4n) is 4.19. The van der Waals surface area contributed by atoms with Gasteiger partial charge in [-0.15, -0.1) is 0 Å². The van der Waals surface area contributed by atoms with Crippen LogP contribution < -0.4 is 10.6 Å². The van der Waals surface area contributed by atoms with Crippen molar-refractivity contribution in [3.63, 3.8) is 0 Å². The lowest BCUT2D eigenvalue weighted by Crippen LogP contribution is -2.56. The molecule has 1 aliphatic heterocycles. The Morgan fingerprint density at radius 2 is 1.80 bits per heavy atom. The van der Waals surface area contributed by atoms with E-state index in [0.717, 1.165) is 0 Å². The number of nitrogens with one attached hydrogen (secondary N) is 2. The summed E-state index contributed by atoms with van der Waals surface area (Å²) in [5, 5.41) is 15.7. The van der Waals surface area contributed by atoms with Crippen LogP contribution in [0.25, 0.3) is 0 Å². The Labute approximate surface area is 175 Å². The number of benzene rings is 2. The van der Waals surface area contributed by atoms with Gasteiger partial charge in [0, 0.05) is 48.4 Å². The highest BCUT2D eigenvalue weighted by Gasteiger charge is 2.35. The number of aliphatic hydroxyl groups is 1. The van der Waals surface area contributed by atoms with E-state index in [2.05, 4.69) is 10.6 Å². The predicted octanol–water partition coefficient (Wildman–Crippen LogP) is 1.69. The van der Waals surface area contributed by atoms with Crippen molar-refractivity contribution < 1.29 is 19.5 Å². The van der Waals surface area contributed by atoms with Crippen molar-refractivity contribution in [3.05, 3.63) is 64.2 Å². The SMILES string of the molecule is C[C@H]1CN(C(=O)c2ccc3c(c2NCCO)C(=O)c2ccccc2C3=O)[C@@H](C)CN1. The van der Waals surface area contributed by atoms with Gasteiger partial charge in [0.2, 0.25) is 0 Å². The van der Waals surface area contributed by atoms with Gasteiger partial charge in [0.25, 0.3) is 5.91 Å². The molecule has 1 fully saturated rings. The fraction of sp³-hybridized carbons (Fsp3) is 0.348. The molecule has 3 N–H and O–H groups in total. The van der Waals surface area contributed by atoms with Crippen LogP contribution in [0.4, 0.5) is 5.69 Å². The van der Waals surface area contributed by atoms with Gasteiger partial charge < -0.3 is 20.6 Å². The lowest BCUT2D eigenvalue weighted by Gasteiger charge is -2.38. The molecule has 1 amide bonds. The Morgan fingerprint density at radius 1 is 1.10 bits per heavy atom. The Morgan fingerprint density at radius 3 is 2.50 bits per heavy atom. The van der Waals surface area contributed by atoms with Crippen molar-refractivity contribution >= 4 is 23.2 Å². The summed E-state index contributed by atoms with van der Waals surface area (Å²) < 4.78 is 0. The number of fused-ring (bicyclic) bond motifs is 2. The van der Waals surface area contributed by atoms with E-state index >= 15 is 0 Å². The maximum absolute atomic E-state index is 13.5. The van der Waals surface area contributed by atoms with E-state index in [1.165, 1.54) is 0 Å². The molecule has 4 rings (SSSR count). The molecule has 1 aliphatic carbocycles. The van der Waals surface area contributed by atoms with Crippen molar-refractivity contribution in [1.82, 2.24) is 10.2 Å². The standard InChI is InChI=1S/C23H25N3O4/c1-13-12-26(14(2)11-25-13)23(30)18-8-7-17-19(20(18)24-9-10-27)22(29)16-6-4-3-5-15(16)21(17)28/h3-8,13-14,24-25,27H,9-12H2,1-2H3/t13-,14-/m0/s1. The molecule has 2 atom stereocenters. The molecule has 0 unspecified atom stereocenters. The molecular weight excluding hydrogens is 382 g/mol. The molecule has 30 heavy (non-hydrogen) atoms. The normalized spacial score (nSPS) is 20.6. The molecule has 2 aromatic rings. The van der Waals surface area contributed by atoms with Crippen molar-refractivity contribution in [3.8, 4) is 0 Å². The molecule has 0 bridgehead atoms. The smallest absolute Gasteiger partial charge is 0.256 e. The van der Waals surface area contributed by atoms with Crippen LogP contribution in [0.2, 0.25) is 0 Å². The number of carbonyl (C=O) groups excluding carboxylic acids is 3.